The molecule has 0 spiro atoms. The summed E-state index contributed by atoms with van der Waals surface area (Å²) < 4.78 is 1.58. The Balaban J connectivity index is 2.84. The summed E-state index contributed by atoms with van der Waals surface area (Å²) in [5.41, 5.74) is -0.122. The van der Waals surface area contributed by atoms with Crippen LogP contribution in [0.3, 0.4) is 0 Å². The van der Waals surface area contributed by atoms with Gasteiger partial charge < -0.3 is 10.1 Å². The Morgan fingerprint density at radius 1 is 1.67 bits per heavy atom. The lowest BCUT2D eigenvalue weighted by atomic mass is 10.1. The van der Waals surface area contributed by atoms with E-state index in [1.165, 1.54) is 0 Å². The van der Waals surface area contributed by atoms with Crippen LogP contribution in [-0.4, -0.2) is 21.3 Å². The number of nitrogens with zero attached hydrogens (tertiary/aromatic N) is 1. The van der Waals surface area contributed by atoms with E-state index in [9.17, 15) is 4.79 Å². The molecule has 0 aliphatic rings. The summed E-state index contributed by atoms with van der Waals surface area (Å²) in [4.78, 5) is 13.7. The van der Waals surface area contributed by atoms with E-state index in [4.69, 9.17) is 5.11 Å². The molecule has 0 bridgehead atoms. The van der Waals surface area contributed by atoms with Gasteiger partial charge in [0.05, 0.1) is 0 Å². The summed E-state index contributed by atoms with van der Waals surface area (Å²) in [6, 6.07) is 0.0359. The van der Waals surface area contributed by atoms with Crippen LogP contribution in [0.2, 0.25) is 0 Å². The number of aromatic amines is 1. The van der Waals surface area contributed by atoms with Gasteiger partial charge in [0.25, 0.3) is 0 Å². The predicted molar refractivity (Wildman–Crippen MR) is 46.0 cm³/mol. The molecule has 1 aromatic rings. The zero-order valence-electron chi connectivity index (χ0n) is 7.32. The van der Waals surface area contributed by atoms with Gasteiger partial charge in [0.2, 0.25) is 0 Å². The quantitative estimate of drug-likeness (QED) is 0.688. The minimum absolute atomic E-state index is 0.0359. The molecule has 1 aromatic heterocycles. The molecule has 0 saturated carbocycles. The van der Waals surface area contributed by atoms with Crippen LogP contribution < -0.4 is 5.69 Å². The van der Waals surface area contributed by atoms with Gasteiger partial charge in [0.15, 0.2) is 0 Å². The molecule has 2 unspecified atom stereocenters. The second-order valence-electron chi connectivity index (χ2n) is 3.07. The van der Waals surface area contributed by atoms with Crippen LogP contribution in [0.5, 0.6) is 0 Å². The number of imidazole rings is 1. The molecular weight excluding hydrogens is 156 g/mol. The maximum absolute atomic E-state index is 11.1. The average molecular weight is 170 g/mol. The van der Waals surface area contributed by atoms with Crippen LogP contribution in [-0.2, 0) is 0 Å². The van der Waals surface area contributed by atoms with E-state index in [2.05, 4.69) is 4.98 Å². The van der Waals surface area contributed by atoms with Crippen molar-refractivity contribution >= 4 is 0 Å². The van der Waals surface area contributed by atoms with Crippen molar-refractivity contribution in [1.82, 2.24) is 9.55 Å². The molecule has 1 rings (SSSR count). The van der Waals surface area contributed by atoms with Gasteiger partial charge in [-0.15, -0.1) is 0 Å². The molecule has 4 nitrogen and oxygen atoms in total. The second-order valence-corrected chi connectivity index (χ2v) is 3.07. The SMILES string of the molecule is CC(CO)C(C)n1cc[nH]c1=O. The van der Waals surface area contributed by atoms with Crippen LogP contribution in [0.1, 0.15) is 19.9 Å². The lowest BCUT2D eigenvalue weighted by molar-refractivity contribution is 0.196. The molecule has 0 saturated heterocycles. The number of H-pyrrole nitrogens is 1. The van der Waals surface area contributed by atoms with E-state index in [0.29, 0.717) is 0 Å². The topological polar surface area (TPSA) is 58.0 Å². The average Bonchev–Trinajstić information content (AvgIpc) is 2.48. The largest absolute Gasteiger partial charge is 0.396 e. The maximum atomic E-state index is 11.1. The van der Waals surface area contributed by atoms with Gasteiger partial charge in [-0.3, -0.25) is 4.57 Å². The Bertz CT molecular complexity index is 289. The van der Waals surface area contributed by atoms with E-state index in [0.717, 1.165) is 0 Å². The smallest absolute Gasteiger partial charge is 0.325 e. The van der Waals surface area contributed by atoms with E-state index in [1.54, 1.807) is 17.0 Å². The van der Waals surface area contributed by atoms with Gasteiger partial charge >= 0.3 is 5.69 Å². The van der Waals surface area contributed by atoms with Crippen LogP contribution in [0.15, 0.2) is 17.2 Å². The lowest BCUT2D eigenvalue weighted by Gasteiger charge is -2.17. The van der Waals surface area contributed by atoms with E-state index >= 15 is 0 Å². The summed E-state index contributed by atoms with van der Waals surface area (Å²) in [7, 11) is 0. The standard InChI is InChI=1S/C8H14N2O2/c1-6(5-11)7(2)10-4-3-9-8(10)12/h3-4,6-7,11H,5H2,1-2H3,(H,9,12). The highest BCUT2D eigenvalue weighted by molar-refractivity contribution is 4.81. The van der Waals surface area contributed by atoms with Crippen molar-refractivity contribution in [2.24, 2.45) is 5.92 Å². The van der Waals surface area contributed by atoms with E-state index in [1.807, 2.05) is 13.8 Å². The summed E-state index contributed by atoms with van der Waals surface area (Å²) in [6.45, 7) is 3.92. The highest BCUT2D eigenvalue weighted by Gasteiger charge is 2.13. The van der Waals surface area contributed by atoms with E-state index in [-0.39, 0.29) is 24.3 Å². The van der Waals surface area contributed by atoms with Gasteiger partial charge in [0.1, 0.15) is 0 Å². The minimum atomic E-state index is -0.122. The fourth-order valence-electron chi connectivity index (χ4n) is 1.08. The summed E-state index contributed by atoms with van der Waals surface area (Å²) in [6.07, 6.45) is 3.29. The normalized spacial score (nSPS) is 15.9. The molecule has 0 fully saturated rings. The Morgan fingerprint density at radius 2 is 2.33 bits per heavy atom. The third kappa shape index (κ3) is 1.58. The fraction of sp³-hybridized carbons (Fsp3) is 0.625. The Kier molecular flexibility index (Phi) is 2.70. The summed E-state index contributed by atoms with van der Waals surface area (Å²) in [5.74, 6) is 0.0958. The first-order chi connectivity index (χ1) is 5.66. The van der Waals surface area contributed by atoms with Crippen molar-refractivity contribution in [3.63, 3.8) is 0 Å². The van der Waals surface area contributed by atoms with Crippen molar-refractivity contribution in [2.45, 2.75) is 19.9 Å². The summed E-state index contributed by atoms with van der Waals surface area (Å²) >= 11 is 0. The molecule has 4 heteroatoms. The highest BCUT2D eigenvalue weighted by Crippen LogP contribution is 2.13. The molecule has 2 atom stereocenters. The number of aromatic nitrogens is 2. The molecule has 68 valence electrons. The minimum Gasteiger partial charge on any atom is -0.396 e. The van der Waals surface area contributed by atoms with Gasteiger partial charge in [0, 0.05) is 25.0 Å². The molecule has 0 amide bonds. The van der Waals surface area contributed by atoms with Crippen molar-refractivity contribution in [2.75, 3.05) is 6.61 Å². The zero-order chi connectivity index (χ0) is 9.14. The number of aliphatic hydroxyl groups is 1. The Labute approximate surface area is 70.9 Å². The third-order valence-electron chi connectivity index (χ3n) is 2.23. The molecule has 0 aliphatic carbocycles. The first-order valence-corrected chi connectivity index (χ1v) is 4.03. The van der Waals surface area contributed by atoms with Gasteiger partial charge in [-0.25, -0.2) is 4.79 Å². The molecule has 0 radical (unpaired) electrons. The second kappa shape index (κ2) is 3.58. The number of hydrogen-bond donors (Lipinski definition) is 2. The van der Waals surface area contributed by atoms with Crippen molar-refractivity contribution < 1.29 is 5.11 Å². The molecule has 12 heavy (non-hydrogen) atoms. The highest BCUT2D eigenvalue weighted by atomic mass is 16.3. The Hall–Kier alpha value is -1.03. The van der Waals surface area contributed by atoms with Crippen LogP contribution >= 0.6 is 0 Å². The number of nitrogens with one attached hydrogen (secondary N) is 1. The van der Waals surface area contributed by atoms with Gasteiger partial charge in [-0.2, -0.15) is 0 Å². The molecule has 1 heterocycles. The van der Waals surface area contributed by atoms with Crippen molar-refractivity contribution in [3.05, 3.63) is 22.9 Å². The van der Waals surface area contributed by atoms with Gasteiger partial charge in [-0.1, -0.05) is 6.92 Å². The molecule has 0 aromatic carbocycles. The van der Waals surface area contributed by atoms with E-state index < -0.39 is 0 Å². The lowest BCUT2D eigenvalue weighted by Crippen LogP contribution is -2.25. The zero-order valence-corrected chi connectivity index (χ0v) is 7.32. The summed E-state index contributed by atoms with van der Waals surface area (Å²) in [5, 5.41) is 8.87. The molecule has 2 N–H and O–H groups in total. The first kappa shape index (κ1) is 9.06. The maximum Gasteiger partial charge on any atom is 0.325 e. The van der Waals surface area contributed by atoms with Crippen molar-refractivity contribution in [3.8, 4) is 0 Å². The fourth-order valence-corrected chi connectivity index (χ4v) is 1.08. The Morgan fingerprint density at radius 3 is 2.75 bits per heavy atom. The third-order valence-corrected chi connectivity index (χ3v) is 2.23. The number of rotatable bonds is 3. The number of hydrogen-bond acceptors (Lipinski definition) is 2. The van der Waals surface area contributed by atoms with Crippen LogP contribution in [0.4, 0.5) is 0 Å². The number of aliphatic hydroxyl groups excluding tert-OH is 1. The molecule has 0 aliphatic heterocycles. The predicted octanol–water partition coefficient (Wildman–Crippen LogP) is 0.366. The molecular formula is C8H14N2O2. The van der Waals surface area contributed by atoms with Crippen LogP contribution in [0, 0.1) is 5.92 Å². The van der Waals surface area contributed by atoms with Crippen molar-refractivity contribution in [1.29, 1.82) is 0 Å². The van der Waals surface area contributed by atoms with Crippen LogP contribution in [0.25, 0.3) is 0 Å². The van der Waals surface area contributed by atoms with Gasteiger partial charge in [-0.05, 0) is 12.8 Å². The first-order valence-electron chi connectivity index (χ1n) is 4.03. The monoisotopic (exact) mass is 170 g/mol.